The van der Waals surface area contributed by atoms with Gasteiger partial charge in [-0.25, -0.2) is 9.59 Å². The zero-order valence-electron chi connectivity index (χ0n) is 16.2. The van der Waals surface area contributed by atoms with Crippen LogP contribution in [0.1, 0.15) is 21.5 Å². The quantitative estimate of drug-likeness (QED) is 0.274. The van der Waals surface area contributed by atoms with Crippen LogP contribution in [-0.2, 0) is 10.9 Å². The van der Waals surface area contributed by atoms with E-state index in [0.717, 1.165) is 25.3 Å². The standard InChI is InChI=1S/C18H13ClF3N3O6S/c1-23-17(27)24-15(32)10-6-9(7-11(16(26)30-2)14(10)25(28)29)31-13-4-3-8(5-12(13)19)18(20,21)22/h3-7H,1-2H3,(H2,23,24,27,32). The van der Waals surface area contributed by atoms with E-state index in [0.29, 0.717) is 12.1 Å². The molecule has 9 nitrogen and oxygen atoms in total. The van der Waals surface area contributed by atoms with Crippen LogP contribution in [0, 0.1) is 10.1 Å². The molecule has 0 heterocycles. The van der Waals surface area contributed by atoms with E-state index in [-0.39, 0.29) is 17.1 Å². The molecule has 0 atom stereocenters. The van der Waals surface area contributed by atoms with Gasteiger partial charge in [-0.15, -0.1) is 0 Å². The lowest BCUT2D eigenvalue weighted by molar-refractivity contribution is -0.385. The zero-order valence-corrected chi connectivity index (χ0v) is 17.8. The second-order valence-corrected chi connectivity index (χ2v) is 6.71. The van der Waals surface area contributed by atoms with Crippen molar-refractivity contribution in [2.75, 3.05) is 14.2 Å². The first kappa shape index (κ1) is 24.8. The number of urea groups is 1. The smallest absolute Gasteiger partial charge is 0.416 e. The van der Waals surface area contributed by atoms with E-state index in [4.69, 9.17) is 28.6 Å². The van der Waals surface area contributed by atoms with E-state index in [2.05, 4.69) is 15.4 Å². The number of methoxy groups -OCH3 is 1. The summed E-state index contributed by atoms with van der Waals surface area (Å²) in [6, 6.07) is 3.45. The summed E-state index contributed by atoms with van der Waals surface area (Å²) in [4.78, 5) is 34.0. The predicted octanol–water partition coefficient (Wildman–Crippen LogP) is 4.45. The highest BCUT2D eigenvalue weighted by Crippen LogP contribution is 2.38. The summed E-state index contributed by atoms with van der Waals surface area (Å²) < 4.78 is 48.5. The van der Waals surface area contributed by atoms with Crippen molar-refractivity contribution in [3.8, 4) is 11.5 Å². The molecule has 0 aliphatic carbocycles. The molecule has 0 saturated heterocycles. The van der Waals surface area contributed by atoms with Crippen LogP contribution in [0.4, 0.5) is 23.7 Å². The average Bonchev–Trinajstić information content (AvgIpc) is 2.72. The van der Waals surface area contributed by atoms with Crippen LogP contribution in [0.25, 0.3) is 0 Å². The molecular weight excluding hydrogens is 479 g/mol. The molecule has 32 heavy (non-hydrogen) atoms. The third-order valence-corrected chi connectivity index (χ3v) is 4.47. The van der Waals surface area contributed by atoms with Crippen molar-refractivity contribution in [3.05, 3.63) is 62.2 Å². The number of hydrogen-bond donors (Lipinski definition) is 2. The Morgan fingerprint density at radius 2 is 1.81 bits per heavy atom. The molecule has 0 radical (unpaired) electrons. The lowest BCUT2D eigenvalue weighted by Crippen LogP contribution is -2.37. The second kappa shape index (κ2) is 9.78. The van der Waals surface area contributed by atoms with E-state index in [1.54, 1.807) is 0 Å². The molecule has 2 aromatic carbocycles. The number of nitrogens with zero attached hydrogens (tertiary/aromatic N) is 1. The fourth-order valence-electron chi connectivity index (χ4n) is 2.42. The van der Waals surface area contributed by atoms with Gasteiger partial charge in [0.15, 0.2) is 0 Å². The lowest BCUT2D eigenvalue weighted by atomic mass is 10.1. The first-order chi connectivity index (χ1) is 14.9. The molecule has 0 spiro atoms. The molecule has 0 aliphatic heterocycles. The maximum Gasteiger partial charge on any atom is 0.416 e. The van der Waals surface area contributed by atoms with Crippen molar-refractivity contribution in [1.82, 2.24) is 10.6 Å². The lowest BCUT2D eigenvalue weighted by Gasteiger charge is -2.14. The minimum Gasteiger partial charge on any atom is -0.465 e. The average molecular weight is 492 g/mol. The maximum atomic E-state index is 12.8. The molecular formula is C18H13ClF3N3O6S. The number of esters is 1. The number of thiocarbonyl (C=S) groups is 1. The van der Waals surface area contributed by atoms with E-state index < -0.39 is 49.9 Å². The molecule has 2 rings (SSSR count). The summed E-state index contributed by atoms with van der Waals surface area (Å²) in [7, 11) is 2.26. The SMILES string of the molecule is CNC(=O)NC(=S)c1cc(Oc2ccc(C(F)(F)F)cc2Cl)cc(C(=O)OC)c1[N+](=O)[O-]. The number of benzene rings is 2. The van der Waals surface area contributed by atoms with Gasteiger partial charge in [0, 0.05) is 13.1 Å². The minimum atomic E-state index is -4.64. The van der Waals surface area contributed by atoms with Crippen LogP contribution in [-0.4, -0.2) is 36.1 Å². The number of carbonyl (C=O) groups is 2. The number of amides is 2. The number of ether oxygens (including phenoxy) is 2. The summed E-state index contributed by atoms with van der Waals surface area (Å²) in [5, 5.41) is 15.6. The second-order valence-electron chi connectivity index (χ2n) is 5.89. The van der Waals surface area contributed by atoms with Gasteiger partial charge in [-0.1, -0.05) is 23.8 Å². The highest BCUT2D eigenvalue weighted by molar-refractivity contribution is 7.80. The molecule has 2 aromatic rings. The highest BCUT2D eigenvalue weighted by atomic mass is 35.5. The normalized spacial score (nSPS) is 10.8. The van der Waals surface area contributed by atoms with E-state index in [1.165, 1.54) is 7.05 Å². The highest BCUT2D eigenvalue weighted by Gasteiger charge is 2.32. The third kappa shape index (κ3) is 5.62. The molecule has 2 N–H and O–H groups in total. The Hall–Kier alpha value is -3.45. The number of nitro benzene ring substituents is 1. The number of hydrogen-bond acceptors (Lipinski definition) is 7. The Kier molecular flexibility index (Phi) is 7.59. The van der Waals surface area contributed by atoms with Gasteiger partial charge in [-0.2, -0.15) is 13.2 Å². The van der Waals surface area contributed by atoms with Crippen molar-refractivity contribution in [3.63, 3.8) is 0 Å². The monoisotopic (exact) mass is 491 g/mol. The molecule has 0 bridgehead atoms. The summed E-state index contributed by atoms with van der Waals surface area (Å²) in [6.07, 6.45) is -4.64. The van der Waals surface area contributed by atoms with Crippen molar-refractivity contribution >= 4 is 46.5 Å². The summed E-state index contributed by atoms with van der Waals surface area (Å²) in [6.45, 7) is 0. The van der Waals surface area contributed by atoms with Crippen LogP contribution in [0.2, 0.25) is 5.02 Å². The Labute approximate surface area is 188 Å². The topological polar surface area (TPSA) is 120 Å². The molecule has 14 heteroatoms. The Morgan fingerprint density at radius 3 is 2.31 bits per heavy atom. The van der Waals surface area contributed by atoms with Crippen molar-refractivity contribution in [2.24, 2.45) is 0 Å². The van der Waals surface area contributed by atoms with E-state index >= 15 is 0 Å². The number of nitrogens with one attached hydrogen (secondary N) is 2. The summed E-state index contributed by atoms with van der Waals surface area (Å²) in [5.74, 6) is -1.60. The van der Waals surface area contributed by atoms with Crippen LogP contribution >= 0.6 is 23.8 Å². The molecule has 2 amide bonds. The largest absolute Gasteiger partial charge is 0.465 e. The van der Waals surface area contributed by atoms with Gasteiger partial charge in [0.1, 0.15) is 22.1 Å². The first-order valence-corrected chi connectivity index (χ1v) is 9.16. The van der Waals surface area contributed by atoms with Crippen molar-refractivity contribution < 1.29 is 37.2 Å². The molecule has 0 saturated carbocycles. The van der Waals surface area contributed by atoms with Crippen molar-refractivity contribution in [1.29, 1.82) is 0 Å². The van der Waals surface area contributed by atoms with Gasteiger partial charge >= 0.3 is 18.2 Å². The summed E-state index contributed by atoms with van der Waals surface area (Å²) in [5.41, 5.74) is -2.75. The number of halogens is 4. The van der Waals surface area contributed by atoms with Gasteiger partial charge in [0.2, 0.25) is 0 Å². The molecule has 170 valence electrons. The third-order valence-electron chi connectivity index (χ3n) is 3.86. The predicted molar refractivity (Wildman–Crippen MR) is 110 cm³/mol. The fraction of sp³-hybridized carbons (Fsp3) is 0.167. The Balaban J connectivity index is 2.62. The van der Waals surface area contributed by atoms with Crippen LogP contribution in [0.5, 0.6) is 11.5 Å². The fourth-order valence-corrected chi connectivity index (χ4v) is 2.89. The maximum absolute atomic E-state index is 12.8. The molecule has 0 aliphatic rings. The van der Waals surface area contributed by atoms with Gasteiger partial charge in [-0.3, -0.25) is 15.4 Å². The molecule has 0 aromatic heterocycles. The van der Waals surface area contributed by atoms with Crippen LogP contribution < -0.4 is 15.4 Å². The number of alkyl halides is 3. The van der Waals surface area contributed by atoms with Gasteiger partial charge in [0.05, 0.1) is 28.2 Å². The van der Waals surface area contributed by atoms with Crippen LogP contribution in [0.15, 0.2) is 30.3 Å². The number of carbonyl (C=O) groups excluding carboxylic acids is 2. The Morgan fingerprint density at radius 1 is 1.19 bits per heavy atom. The van der Waals surface area contributed by atoms with Crippen molar-refractivity contribution in [2.45, 2.75) is 6.18 Å². The zero-order chi connectivity index (χ0) is 24.2. The van der Waals surface area contributed by atoms with Crippen LogP contribution in [0.3, 0.4) is 0 Å². The number of nitro groups is 1. The molecule has 0 fully saturated rings. The number of rotatable bonds is 5. The van der Waals surface area contributed by atoms with Gasteiger partial charge in [0.25, 0.3) is 5.69 Å². The van der Waals surface area contributed by atoms with E-state index in [1.807, 2.05) is 0 Å². The first-order valence-electron chi connectivity index (χ1n) is 8.37. The summed E-state index contributed by atoms with van der Waals surface area (Å²) >= 11 is 10.9. The molecule has 0 unspecified atom stereocenters. The van der Waals surface area contributed by atoms with Gasteiger partial charge in [-0.05, 0) is 24.3 Å². The minimum absolute atomic E-state index is 0.236. The Bertz CT molecular complexity index is 1110. The van der Waals surface area contributed by atoms with Gasteiger partial charge < -0.3 is 14.8 Å². The van der Waals surface area contributed by atoms with E-state index in [9.17, 15) is 32.9 Å².